The Morgan fingerprint density at radius 1 is 1.33 bits per heavy atom. The monoisotopic (exact) mass is 216 g/mol. The van der Waals surface area contributed by atoms with Crippen molar-refractivity contribution in [1.29, 1.82) is 0 Å². The van der Waals surface area contributed by atoms with Crippen molar-refractivity contribution in [2.45, 2.75) is 19.8 Å². The summed E-state index contributed by atoms with van der Waals surface area (Å²) in [6, 6.07) is 0. The molecular weight excluding hydrogens is 200 g/mol. The van der Waals surface area contributed by atoms with Gasteiger partial charge in [0.1, 0.15) is 6.42 Å². The second-order valence-electron chi connectivity index (χ2n) is 2.76. The Hall–Kier alpha value is -1.59. The van der Waals surface area contributed by atoms with E-state index < -0.39 is 5.97 Å². The number of nitrogens with one attached hydrogen (secondary N) is 2. The van der Waals surface area contributed by atoms with E-state index in [4.69, 9.17) is 0 Å². The normalized spacial score (nSPS) is 9.13. The minimum Gasteiger partial charge on any atom is -0.466 e. The Bertz CT molecular complexity index is 218. The summed E-state index contributed by atoms with van der Waals surface area (Å²) in [6.45, 7) is 2.89. The Morgan fingerprint density at radius 3 is 2.67 bits per heavy atom. The second kappa shape index (κ2) is 8.98. The topological polar surface area (TPSA) is 84.5 Å². The molecule has 0 saturated heterocycles. The first-order valence-corrected chi connectivity index (χ1v) is 4.80. The van der Waals surface area contributed by atoms with E-state index in [0.717, 1.165) is 0 Å². The molecule has 6 heteroatoms. The van der Waals surface area contributed by atoms with Gasteiger partial charge in [0.15, 0.2) is 0 Å². The zero-order valence-electron chi connectivity index (χ0n) is 8.75. The van der Waals surface area contributed by atoms with Gasteiger partial charge in [0.25, 0.3) is 0 Å². The van der Waals surface area contributed by atoms with Crippen LogP contribution in [-0.4, -0.2) is 38.0 Å². The van der Waals surface area contributed by atoms with Crippen LogP contribution >= 0.6 is 0 Å². The number of amides is 2. The highest BCUT2D eigenvalue weighted by atomic mass is 16.5. The molecule has 0 aromatic carbocycles. The lowest BCUT2D eigenvalue weighted by molar-refractivity contribution is -0.145. The van der Waals surface area contributed by atoms with Crippen molar-refractivity contribution in [1.82, 2.24) is 10.6 Å². The largest absolute Gasteiger partial charge is 0.466 e. The van der Waals surface area contributed by atoms with Crippen molar-refractivity contribution in [3.05, 3.63) is 0 Å². The van der Waals surface area contributed by atoms with Crippen molar-refractivity contribution < 1.29 is 19.1 Å². The minimum atomic E-state index is -0.527. The second-order valence-corrected chi connectivity index (χ2v) is 2.76. The molecule has 2 amide bonds. The number of ether oxygens (including phenoxy) is 1. The van der Waals surface area contributed by atoms with Gasteiger partial charge in [-0.15, -0.1) is 0 Å². The molecule has 2 N–H and O–H groups in total. The number of rotatable bonds is 8. The third-order valence-corrected chi connectivity index (χ3v) is 1.51. The Labute approximate surface area is 88.4 Å². The fourth-order valence-corrected chi connectivity index (χ4v) is 0.883. The summed E-state index contributed by atoms with van der Waals surface area (Å²) in [5, 5.41) is 4.99. The highest BCUT2D eigenvalue weighted by Crippen LogP contribution is 1.86. The maximum atomic E-state index is 11.1. The van der Waals surface area contributed by atoms with Crippen LogP contribution < -0.4 is 10.6 Å². The summed E-state index contributed by atoms with van der Waals surface area (Å²) in [4.78, 5) is 31.8. The Balaban J connectivity index is 3.40. The van der Waals surface area contributed by atoms with Crippen LogP contribution in [0.1, 0.15) is 19.8 Å². The molecule has 0 aromatic heterocycles. The van der Waals surface area contributed by atoms with E-state index in [1.54, 1.807) is 6.92 Å². The molecule has 0 aliphatic rings. The van der Waals surface area contributed by atoms with E-state index in [-0.39, 0.29) is 18.9 Å². The molecule has 0 bridgehead atoms. The molecule has 0 aliphatic heterocycles. The summed E-state index contributed by atoms with van der Waals surface area (Å²) < 4.78 is 4.60. The fraction of sp³-hybridized carbons (Fsp3) is 0.667. The van der Waals surface area contributed by atoms with Gasteiger partial charge in [-0.25, -0.2) is 0 Å². The SMILES string of the molecule is CCOC(=O)CC(=O)NCCCNC=O. The molecule has 0 unspecified atom stereocenters. The molecule has 0 atom stereocenters. The molecule has 0 spiro atoms. The van der Waals surface area contributed by atoms with Crippen LogP contribution in [0, 0.1) is 0 Å². The number of carbonyl (C=O) groups excluding carboxylic acids is 3. The first-order chi connectivity index (χ1) is 7.20. The van der Waals surface area contributed by atoms with Gasteiger partial charge in [0.05, 0.1) is 6.61 Å². The number of esters is 1. The van der Waals surface area contributed by atoms with Crippen LogP contribution in [0.3, 0.4) is 0 Å². The van der Waals surface area contributed by atoms with Crippen molar-refractivity contribution >= 4 is 18.3 Å². The van der Waals surface area contributed by atoms with Crippen molar-refractivity contribution in [2.75, 3.05) is 19.7 Å². The predicted octanol–water partition coefficient (Wildman–Crippen LogP) is -0.808. The van der Waals surface area contributed by atoms with Crippen LogP contribution in [-0.2, 0) is 19.1 Å². The summed E-state index contributed by atoms with van der Waals surface area (Å²) in [5.41, 5.74) is 0. The summed E-state index contributed by atoms with van der Waals surface area (Å²) in [7, 11) is 0. The van der Waals surface area contributed by atoms with E-state index in [1.165, 1.54) is 0 Å². The fourth-order valence-electron chi connectivity index (χ4n) is 0.883. The molecule has 0 aromatic rings. The van der Waals surface area contributed by atoms with Crippen LogP contribution in [0.4, 0.5) is 0 Å². The van der Waals surface area contributed by atoms with E-state index in [1.807, 2.05) is 0 Å². The lowest BCUT2D eigenvalue weighted by Crippen LogP contribution is -2.29. The van der Waals surface area contributed by atoms with Crippen molar-refractivity contribution in [3.8, 4) is 0 Å². The van der Waals surface area contributed by atoms with Crippen molar-refractivity contribution in [3.63, 3.8) is 0 Å². The van der Waals surface area contributed by atoms with Gasteiger partial charge >= 0.3 is 5.97 Å². The number of hydrogen-bond donors (Lipinski definition) is 2. The molecule has 0 radical (unpaired) electrons. The molecule has 86 valence electrons. The summed E-state index contributed by atoms with van der Waals surface area (Å²) in [5.74, 6) is -0.888. The maximum Gasteiger partial charge on any atom is 0.315 e. The zero-order valence-corrected chi connectivity index (χ0v) is 8.75. The quantitative estimate of drug-likeness (QED) is 0.240. The van der Waals surface area contributed by atoms with Gasteiger partial charge in [-0.05, 0) is 13.3 Å². The molecule has 6 nitrogen and oxygen atoms in total. The van der Waals surface area contributed by atoms with Crippen LogP contribution in [0.2, 0.25) is 0 Å². The first-order valence-electron chi connectivity index (χ1n) is 4.80. The van der Waals surface area contributed by atoms with Gasteiger partial charge in [-0.2, -0.15) is 0 Å². The van der Waals surface area contributed by atoms with E-state index in [0.29, 0.717) is 25.9 Å². The van der Waals surface area contributed by atoms with Gasteiger partial charge < -0.3 is 15.4 Å². The van der Waals surface area contributed by atoms with Gasteiger partial charge in [0.2, 0.25) is 12.3 Å². The predicted molar refractivity (Wildman–Crippen MR) is 52.9 cm³/mol. The molecule has 0 aliphatic carbocycles. The summed E-state index contributed by atoms with van der Waals surface area (Å²) in [6.07, 6.45) is 0.975. The molecule has 0 saturated carbocycles. The smallest absolute Gasteiger partial charge is 0.315 e. The van der Waals surface area contributed by atoms with Gasteiger partial charge in [-0.1, -0.05) is 0 Å². The third-order valence-electron chi connectivity index (χ3n) is 1.51. The Morgan fingerprint density at radius 2 is 2.07 bits per heavy atom. The average molecular weight is 216 g/mol. The molecule has 15 heavy (non-hydrogen) atoms. The minimum absolute atomic E-state index is 0.255. The van der Waals surface area contributed by atoms with E-state index in [2.05, 4.69) is 15.4 Å². The standard InChI is InChI=1S/C9H16N2O4/c1-2-15-9(14)6-8(13)11-5-3-4-10-7-12/h7H,2-6H2,1H3,(H,10,12)(H,11,13). The zero-order chi connectivity index (χ0) is 11.5. The molecule has 0 heterocycles. The first kappa shape index (κ1) is 13.4. The molecular formula is C9H16N2O4. The average Bonchev–Trinajstić information content (AvgIpc) is 2.17. The number of hydrogen-bond acceptors (Lipinski definition) is 4. The lowest BCUT2D eigenvalue weighted by atomic mass is 10.3. The lowest BCUT2D eigenvalue weighted by Gasteiger charge is -2.04. The highest BCUT2D eigenvalue weighted by molar-refractivity contribution is 5.94. The third kappa shape index (κ3) is 8.73. The maximum absolute atomic E-state index is 11.1. The van der Waals surface area contributed by atoms with Gasteiger partial charge in [0, 0.05) is 13.1 Å². The van der Waals surface area contributed by atoms with Gasteiger partial charge in [-0.3, -0.25) is 14.4 Å². The van der Waals surface area contributed by atoms with Crippen LogP contribution in [0.15, 0.2) is 0 Å². The molecule has 0 rings (SSSR count). The van der Waals surface area contributed by atoms with E-state index in [9.17, 15) is 14.4 Å². The Kier molecular flexibility index (Phi) is 8.03. The van der Waals surface area contributed by atoms with Crippen LogP contribution in [0.5, 0.6) is 0 Å². The molecule has 0 fully saturated rings. The van der Waals surface area contributed by atoms with Crippen molar-refractivity contribution in [2.24, 2.45) is 0 Å². The summed E-state index contributed by atoms with van der Waals surface area (Å²) >= 11 is 0. The van der Waals surface area contributed by atoms with Crippen LogP contribution in [0.25, 0.3) is 0 Å². The van der Waals surface area contributed by atoms with E-state index >= 15 is 0 Å². The highest BCUT2D eigenvalue weighted by Gasteiger charge is 2.08. The number of carbonyl (C=O) groups is 3.